The highest BCUT2D eigenvalue weighted by atomic mass is 35.5. The number of halogens is 1. The molecule has 1 rings (SSSR count). The second kappa shape index (κ2) is 5.55. The van der Waals surface area contributed by atoms with Gasteiger partial charge >= 0.3 is 5.97 Å². The smallest absolute Gasteiger partial charge is 0.321 e. The maximum Gasteiger partial charge on any atom is 0.321 e. The van der Waals surface area contributed by atoms with Crippen LogP contribution >= 0.6 is 12.4 Å². The molecule has 1 aromatic heterocycles. The van der Waals surface area contributed by atoms with Crippen molar-refractivity contribution < 1.29 is 9.90 Å². The van der Waals surface area contributed by atoms with E-state index in [1.165, 1.54) is 6.33 Å². The largest absolute Gasteiger partial charge is 0.480 e. The first kappa shape index (κ1) is 11.9. The molecule has 5 nitrogen and oxygen atoms in total. The number of imidazole rings is 1. The van der Waals surface area contributed by atoms with Crippen LogP contribution in [0.15, 0.2) is 12.5 Å². The lowest BCUT2D eigenvalue weighted by Crippen LogP contribution is -2.35. The molecule has 3 N–H and O–H groups in total. The molecule has 0 spiro atoms. The third kappa shape index (κ3) is 3.43. The van der Waals surface area contributed by atoms with E-state index < -0.39 is 12.0 Å². The average molecular weight is 206 g/mol. The lowest BCUT2D eigenvalue weighted by molar-refractivity contribution is -0.139. The van der Waals surface area contributed by atoms with Gasteiger partial charge in [-0.3, -0.25) is 4.79 Å². The number of aliphatic carboxylic acids is 1. The predicted molar refractivity (Wildman–Crippen MR) is 50.0 cm³/mol. The number of hydrogen-bond acceptors (Lipinski definition) is 3. The van der Waals surface area contributed by atoms with Crippen molar-refractivity contribution in [1.29, 1.82) is 0 Å². The molecule has 0 amide bonds. The van der Waals surface area contributed by atoms with E-state index in [4.69, 9.17) is 5.11 Å². The summed E-state index contributed by atoms with van der Waals surface area (Å²) in [5, 5.41) is 11.4. The fourth-order valence-electron chi connectivity index (χ4n) is 0.929. The monoisotopic (exact) mass is 205 g/mol. The molecule has 6 heteroatoms. The van der Waals surface area contributed by atoms with E-state index in [0.29, 0.717) is 6.42 Å². The normalized spacial score (nSPS) is 11.8. The molecular formula is C7H12ClN3O2. The lowest BCUT2D eigenvalue weighted by Gasteiger charge is -2.08. The number of rotatable bonds is 4. The molecule has 0 bridgehead atoms. The maximum atomic E-state index is 10.6. The van der Waals surface area contributed by atoms with Gasteiger partial charge in [0.1, 0.15) is 6.04 Å². The number of H-pyrrole nitrogens is 1. The fraction of sp³-hybridized carbons (Fsp3) is 0.429. The topological polar surface area (TPSA) is 78.0 Å². The summed E-state index contributed by atoms with van der Waals surface area (Å²) in [6.45, 7) is 0. The summed E-state index contributed by atoms with van der Waals surface area (Å²) in [4.78, 5) is 17.2. The minimum atomic E-state index is -0.855. The highest BCUT2D eigenvalue weighted by molar-refractivity contribution is 5.85. The van der Waals surface area contributed by atoms with E-state index in [1.807, 2.05) is 0 Å². The first-order chi connectivity index (χ1) is 5.74. The number of hydrogen-bond donors (Lipinski definition) is 3. The van der Waals surface area contributed by atoms with Crippen LogP contribution in [-0.2, 0) is 11.2 Å². The first-order valence-corrected chi connectivity index (χ1v) is 3.61. The van der Waals surface area contributed by atoms with Crippen LogP contribution in [0.4, 0.5) is 0 Å². The molecule has 1 heterocycles. The van der Waals surface area contributed by atoms with E-state index >= 15 is 0 Å². The van der Waals surface area contributed by atoms with Crippen LogP contribution in [0.1, 0.15) is 5.69 Å². The third-order valence-corrected chi connectivity index (χ3v) is 1.63. The molecule has 0 aliphatic heterocycles. The summed E-state index contributed by atoms with van der Waals surface area (Å²) in [5.41, 5.74) is 0.816. The highest BCUT2D eigenvalue weighted by Crippen LogP contribution is 1.97. The molecule has 1 atom stereocenters. The Kier molecular flexibility index (Phi) is 5.10. The van der Waals surface area contributed by atoms with E-state index in [2.05, 4.69) is 15.3 Å². The molecule has 0 saturated heterocycles. The zero-order valence-electron chi connectivity index (χ0n) is 7.15. The van der Waals surface area contributed by atoms with Gasteiger partial charge < -0.3 is 15.4 Å². The number of carboxylic acids is 1. The quantitative estimate of drug-likeness (QED) is 0.649. The van der Waals surface area contributed by atoms with Crippen LogP contribution in [0.2, 0.25) is 0 Å². The van der Waals surface area contributed by atoms with Gasteiger partial charge in [-0.2, -0.15) is 0 Å². The Morgan fingerprint density at radius 3 is 2.92 bits per heavy atom. The van der Waals surface area contributed by atoms with Crippen molar-refractivity contribution in [1.82, 2.24) is 15.3 Å². The van der Waals surface area contributed by atoms with Crippen molar-refractivity contribution >= 4 is 18.4 Å². The van der Waals surface area contributed by atoms with Gasteiger partial charge in [-0.25, -0.2) is 4.98 Å². The molecule has 1 aromatic rings. The minimum Gasteiger partial charge on any atom is -0.480 e. The van der Waals surface area contributed by atoms with Gasteiger partial charge in [-0.05, 0) is 7.05 Å². The molecule has 0 radical (unpaired) electrons. The van der Waals surface area contributed by atoms with Gasteiger partial charge in [-0.1, -0.05) is 0 Å². The number of nitrogens with one attached hydrogen (secondary N) is 2. The SMILES string of the molecule is CN[C@H](Cc1cnc[nH]1)C(=O)O.Cl. The van der Waals surface area contributed by atoms with E-state index in [0.717, 1.165) is 5.69 Å². The van der Waals surface area contributed by atoms with Crippen molar-refractivity contribution in [2.24, 2.45) is 0 Å². The number of aromatic nitrogens is 2. The highest BCUT2D eigenvalue weighted by Gasteiger charge is 2.15. The van der Waals surface area contributed by atoms with Crippen LogP contribution in [0.3, 0.4) is 0 Å². The summed E-state index contributed by atoms with van der Waals surface area (Å²) in [5.74, 6) is -0.855. The van der Waals surface area contributed by atoms with Crippen LogP contribution < -0.4 is 5.32 Å². The van der Waals surface area contributed by atoms with Crippen molar-refractivity contribution in [2.45, 2.75) is 12.5 Å². The summed E-state index contributed by atoms with van der Waals surface area (Å²) in [6.07, 6.45) is 3.57. The molecule has 0 aliphatic rings. The fourth-order valence-corrected chi connectivity index (χ4v) is 0.929. The lowest BCUT2D eigenvalue weighted by atomic mass is 10.2. The zero-order valence-corrected chi connectivity index (χ0v) is 7.97. The predicted octanol–water partition coefficient (Wildman–Crippen LogP) is 0.0466. The van der Waals surface area contributed by atoms with Crippen molar-refractivity contribution in [3.8, 4) is 0 Å². The molecule has 0 saturated carbocycles. The Balaban J connectivity index is 0.00000144. The van der Waals surface area contributed by atoms with Gasteiger partial charge in [0, 0.05) is 18.3 Å². The van der Waals surface area contributed by atoms with Crippen LogP contribution in [0.25, 0.3) is 0 Å². The second-order valence-electron chi connectivity index (χ2n) is 2.46. The van der Waals surface area contributed by atoms with Crippen molar-refractivity contribution in [2.75, 3.05) is 7.05 Å². The van der Waals surface area contributed by atoms with Crippen molar-refractivity contribution in [3.63, 3.8) is 0 Å². The molecular weight excluding hydrogens is 194 g/mol. The average Bonchev–Trinajstić information content (AvgIpc) is 2.51. The Bertz CT molecular complexity index is 250. The summed E-state index contributed by atoms with van der Waals surface area (Å²) < 4.78 is 0. The van der Waals surface area contributed by atoms with Gasteiger partial charge in [0.15, 0.2) is 0 Å². The van der Waals surface area contributed by atoms with Gasteiger partial charge in [0.25, 0.3) is 0 Å². The summed E-state index contributed by atoms with van der Waals surface area (Å²) in [7, 11) is 1.62. The van der Waals surface area contributed by atoms with Crippen LogP contribution in [0.5, 0.6) is 0 Å². The Morgan fingerprint density at radius 2 is 2.54 bits per heavy atom. The van der Waals surface area contributed by atoms with Gasteiger partial charge in [-0.15, -0.1) is 12.4 Å². The Hall–Kier alpha value is -1.07. The Labute approximate surface area is 82.0 Å². The number of carboxylic acid groups (broad SMARTS) is 1. The van der Waals surface area contributed by atoms with E-state index in [1.54, 1.807) is 13.2 Å². The van der Waals surface area contributed by atoms with Gasteiger partial charge in [0.2, 0.25) is 0 Å². The number of nitrogens with zero attached hydrogens (tertiary/aromatic N) is 1. The summed E-state index contributed by atoms with van der Waals surface area (Å²) in [6, 6.07) is -0.551. The molecule has 0 fully saturated rings. The molecule has 0 unspecified atom stereocenters. The molecule has 0 aromatic carbocycles. The molecule has 74 valence electrons. The Morgan fingerprint density at radius 1 is 1.85 bits per heavy atom. The first-order valence-electron chi connectivity index (χ1n) is 3.61. The van der Waals surface area contributed by atoms with Crippen LogP contribution in [0, 0.1) is 0 Å². The number of carbonyl (C=O) groups is 1. The van der Waals surface area contributed by atoms with E-state index in [-0.39, 0.29) is 12.4 Å². The standard InChI is InChI=1S/C7H11N3O2.ClH/c1-8-6(7(11)12)2-5-3-9-4-10-5;/h3-4,6,8H,2H2,1H3,(H,9,10)(H,11,12);1H/t6-;/m1./s1. The van der Waals surface area contributed by atoms with Crippen molar-refractivity contribution in [3.05, 3.63) is 18.2 Å². The van der Waals surface area contributed by atoms with Crippen LogP contribution in [-0.4, -0.2) is 34.1 Å². The maximum absolute atomic E-state index is 10.6. The number of likely N-dealkylation sites (N-methyl/N-ethyl adjacent to an activating group) is 1. The number of aromatic amines is 1. The molecule has 0 aliphatic carbocycles. The summed E-state index contributed by atoms with van der Waals surface area (Å²) >= 11 is 0. The van der Waals surface area contributed by atoms with Gasteiger partial charge in [0.05, 0.1) is 6.33 Å². The minimum absolute atomic E-state index is 0. The second-order valence-corrected chi connectivity index (χ2v) is 2.46. The zero-order chi connectivity index (χ0) is 8.97. The van der Waals surface area contributed by atoms with E-state index in [9.17, 15) is 4.79 Å². The third-order valence-electron chi connectivity index (χ3n) is 1.63. The molecule has 13 heavy (non-hydrogen) atoms.